The second-order valence-electron chi connectivity index (χ2n) is 15.0. The molecular weight excluding hydrogens is 746 g/mol. The molecule has 18 heteroatoms. The monoisotopic (exact) mass is 797 g/mol. The maximum Gasteiger partial charge on any atom is 0.252 e. The van der Waals surface area contributed by atoms with Crippen LogP contribution in [-0.2, 0) is 39.7 Å². The highest BCUT2D eigenvalue weighted by molar-refractivity contribution is 6.31. The molecule has 0 saturated carbocycles. The van der Waals surface area contributed by atoms with E-state index in [0.29, 0.717) is 52.0 Å². The number of nitrogens with one attached hydrogen (secondary N) is 3. The van der Waals surface area contributed by atoms with Crippen molar-refractivity contribution in [2.45, 2.75) is 87.8 Å². The first kappa shape index (κ1) is 40.9. The topological polar surface area (TPSA) is 250 Å². The van der Waals surface area contributed by atoms with Crippen molar-refractivity contribution in [3.8, 4) is 17.2 Å². The van der Waals surface area contributed by atoms with Gasteiger partial charge >= 0.3 is 0 Å². The number of aliphatic hydroxyl groups is 1. The van der Waals surface area contributed by atoms with Crippen molar-refractivity contribution in [3.63, 3.8) is 0 Å². The predicted molar refractivity (Wildman–Crippen MR) is 199 cm³/mol. The number of hydrogen-bond acceptors (Lipinski definition) is 16. The quantitative estimate of drug-likeness (QED) is 0.0818. The van der Waals surface area contributed by atoms with Crippen molar-refractivity contribution in [2.24, 2.45) is 5.73 Å². The zero-order valence-corrected chi connectivity index (χ0v) is 32.2. The van der Waals surface area contributed by atoms with Gasteiger partial charge in [-0.15, -0.1) is 0 Å². The Balaban J connectivity index is 1.15. The van der Waals surface area contributed by atoms with Crippen molar-refractivity contribution in [1.82, 2.24) is 20.9 Å². The van der Waals surface area contributed by atoms with Gasteiger partial charge in [0.1, 0.15) is 29.0 Å². The summed E-state index contributed by atoms with van der Waals surface area (Å²) in [5, 5.41) is 44.7. The maximum atomic E-state index is 14.1. The van der Waals surface area contributed by atoms with Crippen molar-refractivity contribution in [3.05, 3.63) is 51.6 Å². The largest absolute Gasteiger partial charge is 0.507 e. The van der Waals surface area contributed by atoms with Crippen molar-refractivity contribution in [1.29, 1.82) is 0 Å². The van der Waals surface area contributed by atoms with Crippen molar-refractivity contribution >= 4 is 23.4 Å². The summed E-state index contributed by atoms with van der Waals surface area (Å²) in [6.07, 6.45) is -3.50. The molecule has 2 aromatic carbocycles. The Bertz CT molecular complexity index is 1890. The number of carbonyl (C=O) groups excluding carboxylic acids is 4. The summed E-state index contributed by atoms with van der Waals surface area (Å²) < 4.78 is 35.9. The molecule has 18 nitrogen and oxygen atoms in total. The van der Waals surface area contributed by atoms with Gasteiger partial charge in [-0.2, -0.15) is 0 Å². The molecule has 2 aliphatic carbocycles. The molecular formula is C39H51N5O13. The number of aromatic hydroxyl groups is 2. The molecule has 8 N–H and O–H groups in total. The second kappa shape index (κ2) is 16.9. The SMILES string of the molecule is COc1cccc2c1C(=O)c1c(O)c3c(c(O)c1C2=O)C[C@@](O)(C(=O)NCCCNCCCNC(=O)CN)C[C@@H]3O[C@H]1C[C@H]2[C@H](O[C@@H]3[C@@H](OC)OCCN32)[C@H](C)O1. The molecule has 0 spiro atoms. The Labute approximate surface area is 329 Å². The smallest absolute Gasteiger partial charge is 0.252 e. The molecule has 57 heavy (non-hydrogen) atoms. The van der Waals surface area contributed by atoms with Crippen LogP contribution in [0.2, 0.25) is 0 Å². The van der Waals surface area contributed by atoms with Gasteiger partial charge in [-0.25, -0.2) is 0 Å². The second-order valence-corrected chi connectivity index (χ2v) is 15.0. The van der Waals surface area contributed by atoms with Crippen LogP contribution >= 0.6 is 0 Å². The molecule has 3 heterocycles. The minimum atomic E-state index is -2.17. The lowest BCUT2D eigenvalue weighted by Crippen LogP contribution is -2.55. The zero-order chi connectivity index (χ0) is 40.6. The average molecular weight is 798 g/mol. The Hall–Kier alpha value is -4.24. The third-order valence-electron chi connectivity index (χ3n) is 11.5. The fraction of sp³-hybridized carbons (Fsp3) is 0.590. The van der Waals surface area contributed by atoms with Gasteiger partial charge in [0.15, 0.2) is 24.6 Å². The summed E-state index contributed by atoms with van der Waals surface area (Å²) in [7, 11) is 2.90. The van der Waals surface area contributed by atoms with E-state index in [1.165, 1.54) is 25.3 Å². The summed E-state index contributed by atoms with van der Waals surface area (Å²) in [4.78, 5) is 55.4. The number of nitrogens with zero attached hydrogens (tertiary/aromatic N) is 1. The lowest BCUT2D eigenvalue weighted by Gasteiger charge is -2.43. The first-order valence-corrected chi connectivity index (χ1v) is 19.3. The first-order chi connectivity index (χ1) is 27.4. The normalized spacial score (nSPS) is 29.1. The van der Waals surface area contributed by atoms with Gasteiger partial charge in [0, 0.05) is 68.7 Å². The van der Waals surface area contributed by atoms with Crippen LogP contribution in [0.5, 0.6) is 17.2 Å². The molecule has 0 aromatic heterocycles. The van der Waals surface area contributed by atoms with E-state index >= 15 is 0 Å². The third kappa shape index (κ3) is 7.61. The van der Waals surface area contributed by atoms with Crippen LogP contribution in [0.3, 0.4) is 0 Å². The summed E-state index contributed by atoms with van der Waals surface area (Å²) in [6, 6.07) is 4.30. The lowest BCUT2D eigenvalue weighted by atomic mass is 9.72. The van der Waals surface area contributed by atoms with E-state index < -0.39 is 83.1 Å². The number of ketones is 2. The first-order valence-electron chi connectivity index (χ1n) is 19.3. The highest BCUT2D eigenvalue weighted by Gasteiger charge is 2.55. The molecule has 3 fully saturated rings. The number of ether oxygens (including phenoxy) is 6. The Kier molecular flexibility index (Phi) is 12.2. The summed E-state index contributed by atoms with van der Waals surface area (Å²) in [6.45, 7) is 4.60. The molecule has 8 atom stereocenters. The molecule has 7 rings (SSSR count). The number of rotatable bonds is 14. The van der Waals surface area contributed by atoms with Crippen LogP contribution in [0.15, 0.2) is 18.2 Å². The van der Waals surface area contributed by atoms with Crippen molar-refractivity contribution < 1.29 is 62.9 Å². The van der Waals surface area contributed by atoms with Gasteiger partial charge in [-0.3, -0.25) is 24.1 Å². The Morgan fingerprint density at radius 1 is 1.00 bits per heavy atom. The number of carbonyl (C=O) groups is 4. The highest BCUT2D eigenvalue weighted by atomic mass is 16.7. The predicted octanol–water partition coefficient (Wildman–Crippen LogP) is -0.289. The van der Waals surface area contributed by atoms with E-state index in [-0.39, 0.29) is 65.6 Å². The zero-order valence-electron chi connectivity index (χ0n) is 32.2. The standard InChI is InChI=1S/C39H51N5O13/c1-19-35-22(44-13-14-54-37(53-3)36(44)57-35)15-26(55-19)56-24-17-39(51,38(50)43-12-6-10-41-9-5-11-42-25(45)18-40)16-21-28(24)34(49)30-29(32(21)47)31(46)20-7-4-8-23(52-2)27(20)33(30)48/h4,7-8,19,22,24,26,35-37,41,47,49,51H,5-6,9-18,40H2,1-3H3,(H,42,45)(H,43,50)/t19-,22-,24-,26-,35+,36+,37-,39-/m0/s1. The van der Waals surface area contributed by atoms with E-state index in [2.05, 4.69) is 20.9 Å². The summed E-state index contributed by atoms with van der Waals surface area (Å²) in [5.74, 6) is -3.56. The number of phenols is 2. The van der Waals surface area contributed by atoms with Crippen LogP contribution in [-0.4, -0.2) is 146 Å². The fourth-order valence-electron chi connectivity index (χ4n) is 8.72. The number of hydrogen-bond donors (Lipinski definition) is 7. The molecule has 0 bridgehead atoms. The highest BCUT2D eigenvalue weighted by Crippen LogP contribution is 2.53. The molecule has 3 aliphatic heterocycles. The van der Waals surface area contributed by atoms with E-state index in [4.69, 9.17) is 34.2 Å². The molecule has 2 amide bonds. The van der Waals surface area contributed by atoms with Crippen LogP contribution < -0.4 is 26.4 Å². The molecule has 3 saturated heterocycles. The number of morpholine rings is 1. The number of nitrogens with two attached hydrogens (primary N) is 1. The average Bonchev–Trinajstić information content (AvgIpc) is 3.59. The van der Waals surface area contributed by atoms with E-state index in [1.807, 2.05) is 6.92 Å². The maximum absolute atomic E-state index is 14.1. The van der Waals surface area contributed by atoms with Crippen LogP contribution in [0, 0.1) is 0 Å². The van der Waals surface area contributed by atoms with Gasteiger partial charge < -0.3 is 65.4 Å². The number of amides is 2. The molecule has 0 radical (unpaired) electrons. The van der Waals surface area contributed by atoms with Gasteiger partial charge in [0.25, 0.3) is 5.91 Å². The van der Waals surface area contributed by atoms with Crippen molar-refractivity contribution in [2.75, 3.05) is 60.1 Å². The Morgan fingerprint density at radius 2 is 1.74 bits per heavy atom. The van der Waals surface area contributed by atoms with Crippen LogP contribution in [0.1, 0.15) is 81.7 Å². The summed E-state index contributed by atoms with van der Waals surface area (Å²) >= 11 is 0. The Morgan fingerprint density at radius 3 is 2.46 bits per heavy atom. The van der Waals surface area contributed by atoms with Gasteiger partial charge in [-0.1, -0.05) is 12.1 Å². The van der Waals surface area contributed by atoms with Gasteiger partial charge in [0.05, 0.1) is 49.2 Å². The summed E-state index contributed by atoms with van der Waals surface area (Å²) in [5.41, 5.74) is 2.05. The number of phenolic OH excluding ortho intramolecular Hbond substituents is 2. The number of fused-ring (bicyclic) bond motifs is 6. The van der Waals surface area contributed by atoms with Crippen LogP contribution in [0.4, 0.5) is 0 Å². The minimum Gasteiger partial charge on any atom is -0.507 e. The van der Waals surface area contributed by atoms with E-state index in [0.717, 1.165) is 0 Å². The minimum absolute atomic E-state index is 0.0258. The number of methoxy groups -OCH3 is 2. The molecule has 2 aromatic rings. The molecule has 0 unspecified atom stereocenters. The number of benzene rings is 2. The van der Waals surface area contributed by atoms with Crippen LogP contribution in [0.25, 0.3) is 0 Å². The third-order valence-corrected chi connectivity index (χ3v) is 11.5. The molecule has 5 aliphatic rings. The van der Waals surface area contributed by atoms with Gasteiger partial charge in [-0.05, 0) is 38.9 Å². The van der Waals surface area contributed by atoms with E-state index in [1.54, 1.807) is 7.11 Å². The fourth-order valence-corrected chi connectivity index (χ4v) is 8.72. The van der Waals surface area contributed by atoms with Gasteiger partial charge in [0.2, 0.25) is 11.7 Å². The van der Waals surface area contributed by atoms with E-state index in [9.17, 15) is 34.5 Å². The lowest BCUT2D eigenvalue weighted by molar-refractivity contribution is -0.256. The molecule has 310 valence electrons.